The maximum atomic E-state index is 5.98. The summed E-state index contributed by atoms with van der Waals surface area (Å²) in [6.07, 6.45) is 2.01. The van der Waals surface area contributed by atoms with Gasteiger partial charge in [0.15, 0.2) is 0 Å². The van der Waals surface area contributed by atoms with Crippen molar-refractivity contribution in [3.05, 3.63) is 30.3 Å². The van der Waals surface area contributed by atoms with E-state index in [1.54, 1.807) is 0 Å². The van der Waals surface area contributed by atoms with Gasteiger partial charge in [-0.05, 0) is 31.5 Å². The fraction of sp³-hybridized carbons (Fsp3) is 0.538. The maximum absolute atomic E-state index is 5.98. The maximum Gasteiger partial charge on any atom is 0.119 e. The molecule has 1 rings (SSSR count). The van der Waals surface area contributed by atoms with E-state index in [1.807, 2.05) is 30.3 Å². The first-order chi connectivity index (χ1) is 7.83. The molecule has 0 saturated carbocycles. The molecule has 0 bridgehead atoms. The molecule has 1 atom stereocenters. The lowest BCUT2D eigenvalue weighted by molar-refractivity contribution is 0.308. The summed E-state index contributed by atoms with van der Waals surface area (Å²) in [5, 5.41) is 3.56. The highest BCUT2D eigenvalue weighted by molar-refractivity contribution is 6.20. The normalized spacial score (nSPS) is 12.4. The van der Waals surface area contributed by atoms with Crippen LogP contribution in [0.3, 0.4) is 0 Å². The first-order valence-corrected chi connectivity index (χ1v) is 6.29. The van der Waals surface area contributed by atoms with Gasteiger partial charge in [-0.1, -0.05) is 25.1 Å². The summed E-state index contributed by atoms with van der Waals surface area (Å²) < 4.78 is 5.57. The van der Waals surface area contributed by atoms with Gasteiger partial charge in [0.25, 0.3) is 0 Å². The molecule has 3 heteroatoms. The van der Waals surface area contributed by atoms with E-state index in [0.717, 1.165) is 38.3 Å². The predicted octanol–water partition coefficient (Wildman–Crippen LogP) is 3.06. The van der Waals surface area contributed by atoms with Gasteiger partial charge in [0.2, 0.25) is 0 Å². The molecule has 0 radical (unpaired) electrons. The van der Waals surface area contributed by atoms with Crippen LogP contribution in [-0.4, -0.2) is 25.1 Å². The van der Waals surface area contributed by atoms with Gasteiger partial charge in [0.05, 0.1) is 6.61 Å². The van der Waals surface area contributed by atoms with Crippen LogP contribution >= 0.6 is 11.6 Å². The van der Waals surface area contributed by atoms with Crippen molar-refractivity contribution in [3.8, 4) is 5.75 Å². The molecule has 0 aliphatic rings. The quantitative estimate of drug-likeness (QED) is 0.558. The molecule has 0 aliphatic heterocycles. The van der Waals surface area contributed by atoms with Gasteiger partial charge in [0, 0.05) is 11.9 Å². The van der Waals surface area contributed by atoms with Crippen LogP contribution in [0.1, 0.15) is 19.8 Å². The van der Waals surface area contributed by atoms with Crippen LogP contribution < -0.4 is 10.1 Å². The first kappa shape index (κ1) is 13.3. The molecular weight excluding hydrogens is 222 g/mol. The van der Waals surface area contributed by atoms with Crippen molar-refractivity contribution >= 4 is 11.6 Å². The van der Waals surface area contributed by atoms with Crippen molar-refractivity contribution in [1.29, 1.82) is 0 Å². The average Bonchev–Trinajstić information content (AvgIpc) is 2.34. The van der Waals surface area contributed by atoms with E-state index < -0.39 is 0 Å². The molecule has 1 unspecified atom stereocenters. The molecule has 0 aromatic heterocycles. The second-order valence-corrected chi connectivity index (χ2v) is 4.34. The van der Waals surface area contributed by atoms with Crippen LogP contribution in [0, 0.1) is 0 Å². The van der Waals surface area contributed by atoms with Crippen LogP contribution in [0.15, 0.2) is 30.3 Å². The standard InChI is InChI=1S/C13H20ClNO/c1-2-12(14)11-15-9-6-10-16-13-7-4-3-5-8-13/h3-5,7-8,12,15H,2,6,9-11H2,1H3. The Balaban J connectivity index is 1.96. The summed E-state index contributed by atoms with van der Waals surface area (Å²) in [6.45, 7) is 4.67. The summed E-state index contributed by atoms with van der Waals surface area (Å²) in [7, 11) is 0. The minimum atomic E-state index is 0.245. The number of benzene rings is 1. The van der Waals surface area contributed by atoms with Crippen molar-refractivity contribution in [2.24, 2.45) is 0 Å². The Hall–Kier alpha value is -0.730. The van der Waals surface area contributed by atoms with Crippen molar-refractivity contribution in [2.45, 2.75) is 25.1 Å². The van der Waals surface area contributed by atoms with Crippen LogP contribution in [0.25, 0.3) is 0 Å². The lowest BCUT2D eigenvalue weighted by Gasteiger charge is -2.09. The number of hydrogen-bond acceptors (Lipinski definition) is 2. The predicted molar refractivity (Wildman–Crippen MR) is 69.4 cm³/mol. The van der Waals surface area contributed by atoms with Crippen molar-refractivity contribution in [3.63, 3.8) is 0 Å². The average molecular weight is 242 g/mol. The van der Waals surface area contributed by atoms with E-state index in [4.69, 9.17) is 16.3 Å². The van der Waals surface area contributed by atoms with Crippen LogP contribution in [0.5, 0.6) is 5.75 Å². The highest BCUT2D eigenvalue weighted by Gasteiger charge is 1.99. The van der Waals surface area contributed by atoms with Crippen molar-refractivity contribution in [2.75, 3.05) is 19.7 Å². The monoisotopic (exact) mass is 241 g/mol. The van der Waals surface area contributed by atoms with Crippen LogP contribution in [0.4, 0.5) is 0 Å². The summed E-state index contributed by atoms with van der Waals surface area (Å²) in [6, 6.07) is 9.89. The van der Waals surface area contributed by atoms with E-state index in [9.17, 15) is 0 Å². The van der Waals surface area contributed by atoms with Gasteiger partial charge < -0.3 is 10.1 Å². The van der Waals surface area contributed by atoms with Gasteiger partial charge in [-0.25, -0.2) is 0 Å². The van der Waals surface area contributed by atoms with Gasteiger partial charge in [-0.15, -0.1) is 11.6 Å². The van der Waals surface area contributed by atoms with Crippen molar-refractivity contribution in [1.82, 2.24) is 5.32 Å². The molecule has 0 saturated heterocycles. The topological polar surface area (TPSA) is 21.3 Å². The molecule has 1 aromatic rings. The zero-order valence-corrected chi connectivity index (χ0v) is 10.5. The molecule has 1 N–H and O–H groups in total. The van der Waals surface area contributed by atoms with E-state index in [0.29, 0.717) is 0 Å². The Labute approximate surface area is 103 Å². The van der Waals surface area contributed by atoms with E-state index >= 15 is 0 Å². The first-order valence-electron chi connectivity index (χ1n) is 5.85. The third kappa shape index (κ3) is 5.99. The van der Waals surface area contributed by atoms with Gasteiger partial charge in [-0.2, -0.15) is 0 Å². The lowest BCUT2D eigenvalue weighted by atomic mass is 10.3. The molecular formula is C13H20ClNO. The lowest BCUT2D eigenvalue weighted by Crippen LogP contribution is -2.24. The Morgan fingerprint density at radius 2 is 2.06 bits per heavy atom. The molecule has 0 spiro atoms. The molecule has 0 amide bonds. The molecule has 16 heavy (non-hydrogen) atoms. The second-order valence-electron chi connectivity index (χ2n) is 3.72. The number of ether oxygens (including phenoxy) is 1. The van der Waals surface area contributed by atoms with E-state index in [1.165, 1.54) is 0 Å². The zero-order valence-electron chi connectivity index (χ0n) is 9.79. The molecule has 0 heterocycles. The fourth-order valence-electron chi connectivity index (χ4n) is 1.31. The van der Waals surface area contributed by atoms with Gasteiger partial charge in [-0.3, -0.25) is 0 Å². The minimum absolute atomic E-state index is 0.245. The number of para-hydroxylation sites is 1. The second kappa shape index (κ2) is 8.43. The number of halogens is 1. The van der Waals surface area contributed by atoms with E-state index in [2.05, 4.69) is 12.2 Å². The summed E-state index contributed by atoms with van der Waals surface area (Å²) in [5.41, 5.74) is 0. The molecule has 0 fully saturated rings. The van der Waals surface area contributed by atoms with E-state index in [-0.39, 0.29) is 5.38 Å². The Morgan fingerprint density at radius 3 is 2.75 bits per heavy atom. The van der Waals surface area contributed by atoms with Gasteiger partial charge in [0.1, 0.15) is 5.75 Å². The Bertz CT molecular complexity index is 266. The Kier molecular flexibility index (Phi) is 7.02. The van der Waals surface area contributed by atoms with Gasteiger partial charge >= 0.3 is 0 Å². The number of alkyl halides is 1. The third-order valence-corrected chi connectivity index (χ3v) is 2.78. The highest BCUT2D eigenvalue weighted by atomic mass is 35.5. The third-order valence-electron chi connectivity index (χ3n) is 2.32. The van der Waals surface area contributed by atoms with Crippen LogP contribution in [0.2, 0.25) is 0 Å². The Morgan fingerprint density at radius 1 is 1.31 bits per heavy atom. The van der Waals surface area contributed by atoms with Crippen molar-refractivity contribution < 1.29 is 4.74 Å². The SMILES string of the molecule is CCC(Cl)CNCCCOc1ccccc1. The molecule has 0 aliphatic carbocycles. The summed E-state index contributed by atoms with van der Waals surface area (Å²) >= 11 is 5.98. The fourth-order valence-corrected chi connectivity index (χ4v) is 1.42. The highest BCUT2D eigenvalue weighted by Crippen LogP contribution is 2.08. The zero-order chi connectivity index (χ0) is 11.6. The minimum Gasteiger partial charge on any atom is -0.494 e. The summed E-state index contributed by atoms with van der Waals surface area (Å²) in [5.74, 6) is 0.936. The smallest absolute Gasteiger partial charge is 0.119 e. The van der Waals surface area contributed by atoms with Crippen LogP contribution in [-0.2, 0) is 0 Å². The molecule has 1 aromatic carbocycles. The summed E-state index contributed by atoms with van der Waals surface area (Å²) in [4.78, 5) is 0. The number of hydrogen-bond donors (Lipinski definition) is 1. The number of rotatable bonds is 8. The molecule has 2 nitrogen and oxygen atoms in total. The number of nitrogens with one attached hydrogen (secondary N) is 1. The largest absolute Gasteiger partial charge is 0.494 e. The molecule has 90 valence electrons.